The van der Waals surface area contributed by atoms with Gasteiger partial charge in [-0.2, -0.15) is 0 Å². The summed E-state index contributed by atoms with van der Waals surface area (Å²) in [6.07, 6.45) is 66.7. The van der Waals surface area contributed by atoms with Gasteiger partial charge in [0.05, 0.1) is 0 Å². The molecule has 0 saturated carbocycles. The third kappa shape index (κ3) is 49.2. The topological polar surface area (TPSA) is 78.9 Å². The summed E-state index contributed by atoms with van der Waals surface area (Å²) in [5.74, 6) is -0.950. The van der Waals surface area contributed by atoms with Gasteiger partial charge in [-0.25, -0.2) is 0 Å². The monoisotopic (exact) mass is 875 g/mol. The van der Waals surface area contributed by atoms with E-state index in [1.807, 2.05) is 0 Å². The van der Waals surface area contributed by atoms with Gasteiger partial charge >= 0.3 is 17.9 Å². The van der Waals surface area contributed by atoms with Crippen LogP contribution in [0.1, 0.15) is 226 Å². The van der Waals surface area contributed by atoms with E-state index < -0.39 is 6.10 Å². The summed E-state index contributed by atoms with van der Waals surface area (Å²) in [4.78, 5) is 38.0. The Bertz CT molecular complexity index is 1280. The Hall–Kier alpha value is -3.67. The molecule has 0 amide bonds. The smallest absolute Gasteiger partial charge is 0.306 e. The Morgan fingerprint density at radius 2 is 0.698 bits per heavy atom. The number of rotatable bonds is 45. The van der Waals surface area contributed by atoms with Gasteiger partial charge in [0.2, 0.25) is 0 Å². The summed E-state index contributed by atoms with van der Waals surface area (Å²) in [5.41, 5.74) is 0. The predicted octanol–water partition coefficient (Wildman–Crippen LogP) is 17.0. The molecule has 0 aromatic carbocycles. The van der Waals surface area contributed by atoms with Crippen molar-refractivity contribution in [2.75, 3.05) is 13.2 Å². The second-order valence-corrected chi connectivity index (χ2v) is 16.8. The Labute approximate surface area is 387 Å². The predicted molar refractivity (Wildman–Crippen MR) is 270 cm³/mol. The SMILES string of the molecule is CC\C=C/C=C\C=C/CCCCCCCC(=O)OCC(COC(=O)CCCCCCC\C=C/C=C\C=C/CCCCCCC)OC(=O)CCCCCCCCC/C=C\C/C=C\CC. The molecule has 0 radical (unpaired) electrons. The Morgan fingerprint density at radius 3 is 1.13 bits per heavy atom. The van der Waals surface area contributed by atoms with Crippen molar-refractivity contribution in [2.24, 2.45) is 0 Å². The van der Waals surface area contributed by atoms with Gasteiger partial charge in [-0.05, 0) is 89.9 Å². The average Bonchev–Trinajstić information content (AvgIpc) is 3.28. The molecule has 1 unspecified atom stereocenters. The number of hydrogen-bond acceptors (Lipinski definition) is 6. The number of hydrogen-bond donors (Lipinski definition) is 0. The first-order valence-corrected chi connectivity index (χ1v) is 25.8. The molecule has 1 atom stereocenters. The highest BCUT2D eigenvalue weighted by Gasteiger charge is 2.19. The van der Waals surface area contributed by atoms with E-state index in [1.54, 1.807) is 0 Å². The van der Waals surface area contributed by atoms with Crippen molar-refractivity contribution in [1.82, 2.24) is 0 Å². The lowest BCUT2D eigenvalue weighted by Gasteiger charge is -2.18. The van der Waals surface area contributed by atoms with Crippen molar-refractivity contribution in [3.05, 3.63) is 97.2 Å². The number of carbonyl (C=O) groups excluding carboxylic acids is 3. The maximum Gasteiger partial charge on any atom is 0.306 e. The standard InChI is InChI=1S/C57H94O6/c1-4-7-10-13-16-19-22-25-27-28-29-30-33-35-38-41-44-47-50-56(59)62-53-54(52-61-55(58)49-46-43-40-37-34-31-24-21-18-15-12-9-6-3)63-57(60)51-48-45-42-39-36-32-26-23-20-17-14-11-8-5-2/h8-9,11-12,15,17-18,20-22,24-25,27-30,54H,4-7,10,13-14,16,19,23,26,31-53H2,1-3H3/b11-8-,12-9-,18-15-,20-17-,24-21-,25-22-,28-27-,30-29-. The Balaban J connectivity index is 4.46. The van der Waals surface area contributed by atoms with Crippen LogP contribution >= 0.6 is 0 Å². The highest BCUT2D eigenvalue weighted by atomic mass is 16.6. The Morgan fingerprint density at radius 1 is 0.349 bits per heavy atom. The van der Waals surface area contributed by atoms with Gasteiger partial charge in [-0.1, -0.05) is 214 Å². The lowest BCUT2D eigenvalue weighted by atomic mass is 10.1. The second kappa shape index (κ2) is 51.0. The molecule has 0 bridgehead atoms. The number of allylic oxidation sites excluding steroid dienone is 16. The van der Waals surface area contributed by atoms with Gasteiger partial charge in [0.25, 0.3) is 0 Å². The van der Waals surface area contributed by atoms with Crippen LogP contribution in [0.3, 0.4) is 0 Å². The molecule has 0 heterocycles. The van der Waals surface area contributed by atoms with Gasteiger partial charge < -0.3 is 14.2 Å². The quantitative estimate of drug-likeness (QED) is 0.0199. The maximum atomic E-state index is 12.8. The van der Waals surface area contributed by atoms with Crippen molar-refractivity contribution in [3.63, 3.8) is 0 Å². The summed E-state index contributed by atoms with van der Waals surface area (Å²) in [7, 11) is 0. The molecular formula is C57H94O6. The third-order valence-electron chi connectivity index (χ3n) is 10.7. The fraction of sp³-hybridized carbons (Fsp3) is 0.667. The van der Waals surface area contributed by atoms with Crippen LogP contribution in [0.25, 0.3) is 0 Å². The second-order valence-electron chi connectivity index (χ2n) is 16.8. The van der Waals surface area contributed by atoms with Crippen LogP contribution in [0.4, 0.5) is 0 Å². The molecule has 0 aliphatic carbocycles. The van der Waals surface area contributed by atoms with Crippen molar-refractivity contribution in [2.45, 2.75) is 232 Å². The Kier molecular flexibility index (Phi) is 48.0. The fourth-order valence-electron chi connectivity index (χ4n) is 6.83. The molecular weight excluding hydrogens is 781 g/mol. The molecule has 63 heavy (non-hydrogen) atoms. The molecule has 0 aromatic rings. The number of ether oxygens (including phenoxy) is 3. The van der Waals surface area contributed by atoms with Crippen molar-refractivity contribution in [3.8, 4) is 0 Å². The van der Waals surface area contributed by atoms with E-state index in [2.05, 4.69) is 118 Å². The van der Waals surface area contributed by atoms with E-state index in [0.29, 0.717) is 19.3 Å². The lowest BCUT2D eigenvalue weighted by Crippen LogP contribution is -2.30. The lowest BCUT2D eigenvalue weighted by molar-refractivity contribution is -0.167. The molecule has 0 rings (SSSR count). The van der Waals surface area contributed by atoms with Crippen LogP contribution in [0, 0.1) is 0 Å². The van der Waals surface area contributed by atoms with E-state index in [0.717, 1.165) is 128 Å². The van der Waals surface area contributed by atoms with Crippen LogP contribution in [0.15, 0.2) is 97.2 Å². The number of esters is 3. The summed E-state index contributed by atoms with van der Waals surface area (Å²) < 4.78 is 16.8. The zero-order chi connectivity index (χ0) is 45.8. The van der Waals surface area contributed by atoms with Crippen LogP contribution in [0.2, 0.25) is 0 Å². The summed E-state index contributed by atoms with van der Waals surface area (Å²) in [6, 6.07) is 0. The molecule has 0 aliphatic rings. The van der Waals surface area contributed by atoms with E-state index in [1.165, 1.54) is 57.8 Å². The van der Waals surface area contributed by atoms with Crippen molar-refractivity contribution in [1.29, 1.82) is 0 Å². The molecule has 0 fully saturated rings. The number of unbranched alkanes of at least 4 members (excludes halogenated alkanes) is 22. The highest BCUT2D eigenvalue weighted by molar-refractivity contribution is 5.71. The van der Waals surface area contributed by atoms with E-state index in [4.69, 9.17) is 14.2 Å². The van der Waals surface area contributed by atoms with Gasteiger partial charge in [0, 0.05) is 19.3 Å². The molecule has 358 valence electrons. The molecule has 6 nitrogen and oxygen atoms in total. The van der Waals surface area contributed by atoms with E-state index >= 15 is 0 Å². The van der Waals surface area contributed by atoms with Crippen LogP contribution < -0.4 is 0 Å². The zero-order valence-electron chi connectivity index (χ0n) is 40.8. The zero-order valence-corrected chi connectivity index (χ0v) is 40.8. The first kappa shape index (κ1) is 59.3. The number of carbonyl (C=O) groups is 3. The van der Waals surface area contributed by atoms with Gasteiger partial charge in [-0.3, -0.25) is 14.4 Å². The van der Waals surface area contributed by atoms with Crippen LogP contribution in [-0.4, -0.2) is 37.2 Å². The first-order chi connectivity index (χ1) is 31.0. The van der Waals surface area contributed by atoms with Crippen molar-refractivity contribution >= 4 is 17.9 Å². The minimum Gasteiger partial charge on any atom is -0.462 e. The van der Waals surface area contributed by atoms with Gasteiger partial charge in [0.1, 0.15) is 13.2 Å². The first-order valence-electron chi connectivity index (χ1n) is 25.8. The van der Waals surface area contributed by atoms with E-state index in [9.17, 15) is 14.4 Å². The van der Waals surface area contributed by atoms with E-state index in [-0.39, 0.29) is 31.1 Å². The summed E-state index contributed by atoms with van der Waals surface area (Å²) >= 11 is 0. The normalized spacial score (nSPS) is 12.9. The fourth-order valence-corrected chi connectivity index (χ4v) is 6.83. The highest BCUT2D eigenvalue weighted by Crippen LogP contribution is 2.14. The summed E-state index contributed by atoms with van der Waals surface area (Å²) in [6.45, 7) is 6.33. The van der Waals surface area contributed by atoms with Crippen LogP contribution in [-0.2, 0) is 28.6 Å². The average molecular weight is 875 g/mol. The minimum atomic E-state index is -0.799. The molecule has 0 spiro atoms. The van der Waals surface area contributed by atoms with Crippen molar-refractivity contribution < 1.29 is 28.6 Å². The van der Waals surface area contributed by atoms with Gasteiger partial charge in [0.15, 0.2) is 6.10 Å². The molecule has 0 aromatic heterocycles. The molecule has 0 saturated heterocycles. The largest absolute Gasteiger partial charge is 0.462 e. The van der Waals surface area contributed by atoms with Crippen LogP contribution in [0.5, 0.6) is 0 Å². The molecule has 0 N–H and O–H groups in total. The van der Waals surface area contributed by atoms with Gasteiger partial charge in [-0.15, -0.1) is 0 Å². The molecule has 6 heteroatoms. The summed E-state index contributed by atoms with van der Waals surface area (Å²) in [5, 5.41) is 0. The third-order valence-corrected chi connectivity index (χ3v) is 10.7. The maximum absolute atomic E-state index is 12.8. The molecule has 0 aliphatic heterocycles. The minimum absolute atomic E-state index is 0.0994.